The number of amides is 1. The van der Waals surface area contributed by atoms with E-state index < -0.39 is 15.9 Å². The van der Waals surface area contributed by atoms with Crippen molar-refractivity contribution in [3.8, 4) is 5.75 Å². The van der Waals surface area contributed by atoms with Crippen LogP contribution in [0.4, 0.5) is 4.39 Å². The van der Waals surface area contributed by atoms with Crippen molar-refractivity contribution in [2.45, 2.75) is 63.9 Å². The van der Waals surface area contributed by atoms with Crippen LogP contribution in [-0.4, -0.2) is 25.3 Å². The third-order valence-electron chi connectivity index (χ3n) is 4.77. The molecule has 0 aliphatic rings. The number of unbranched alkanes of at least 4 members (excludes halogenated alkanes) is 1. The number of carbonyl (C=O) groups is 1. The predicted molar refractivity (Wildman–Crippen MR) is 110 cm³/mol. The van der Waals surface area contributed by atoms with E-state index in [-0.39, 0.29) is 22.6 Å². The second kappa shape index (κ2) is 10.4. The zero-order valence-electron chi connectivity index (χ0n) is 17.1. The largest absolute Gasteiger partial charge is 0.379 e. The van der Waals surface area contributed by atoms with Gasteiger partial charge < -0.3 is 9.08 Å². The molecule has 2 aromatic carbocycles. The monoisotopic (exact) mass is 421 g/mol. The maximum absolute atomic E-state index is 13.0. The summed E-state index contributed by atoms with van der Waals surface area (Å²) in [5.74, 6) is -0.237. The summed E-state index contributed by atoms with van der Waals surface area (Å²) in [4.78, 5) is 14.3. The van der Waals surface area contributed by atoms with Gasteiger partial charge in [0, 0.05) is 19.0 Å². The summed E-state index contributed by atoms with van der Waals surface area (Å²) >= 11 is 0. The minimum atomic E-state index is -4.04. The Bertz CT molecular complexity index is 895. The second-order valence-corrected chi connectivity index (χ2v) is 8.56. The molecule has 0 aromatic heterocycles. The van der Waals surface area contributed by atoms with Gasteiger partial charge in [0.1, 0.15) is 16.5 Å². The molecule has 0 fully saturated rings. The van der Waals surface area contributed by atoms with E-state index in [1.165, 1.54) is 0 Å². The lowest BCUT2D eigenvalue weighted by molar-refractivity contribution is -0.134. The highest BCUT2D eigenvalue weighted by molar-refractivity contribution is 7.87. The Labute approximate surface area is 172 Å². The number of carbonyl (C=O) groups excluding carboxylic acids is 1. The van der Waals surface area contributed by atoms with E-state index in [0.29, 0.717) is 13.0 Å². The lowest BCUT2D eigenvalue weighted by atomic mass is 10.1. The number of benzene rings is 2. The molecule has 0 N–H and O–H groups in total. The van der Waals surface area contributed by atoms with E-state index in [1.807, 2.05) is 18.7 Å². The van der Waals surface area contributed by atoms with Crippen molar-refractivity contribution in [1.29, 1.82) is 0 Å². The van der Waals surface area contributed by atoms with Crippen LogP contribution in [0.15, 0.2) is 53.4 Å². The molecule has 0 bridgehead atoms. The average molecular weight is 422 g/mol. The van der Waals surface area contributed by atoms with Crippen LogP contribution in [0, 0.1) is 5.82 Å². The molecule has 1 amide bonds. The van der Waals surface area contributed by atoms with Crippen LogP contribution < -0.4 is 4.18 Å². The highest BCUT2D eigenvalue weighted by Crippen LogP contribution is 2.21. The van der Waals surface area contributed by atoms with Crippen LogP contribution in [0.5, 0.6) is 5.75 Å². The van der Waals surface area contributed by atoms with Gasteiger partial charge in [-0.15, -0.1) is 0 Å². The Balaban J connectivity index is 2.10. The summed E-state index contributed by atoms with van der Waals surface area (Å²) in [7, 11) is -4.04. The number of nitrogens with zero attached hydrogens (tertiary/aromatic N) is 1. The Morgan fingerprint density at radius 2 is 1.69 bits per heavy atom. The molecule has 2 rings (SSSR count). The smallest absolute Gasteiger partial charge is 0.339 e. The fourth-order valence-corrected chi connectivity index (χ4v) is 3.74. The van der Waals surface area contributed by atoms with Gasteiger partial charge >= 0.3 is 10.1 Å². The van der Waals surface area contributed by atoms with Gasteiger partial charge in [0.05, 0.1) is 0 Å². The van der Waals surface area contributed by atoms with Gasteiger partial charge in [0.15, 0.2) is 0 Å². The Kier molecular flexibility index (Phi) is 8.20. The third kappa shape index (κ3) is 6.56. The first-order valence-corrected chi connectivity index (χ1v) is 11.3. The van der Waals surface area contributed by atoms with Crippen molar-refractivity contribution in [3.63, 3.8) is 0 Å². The van der Waals surface area contributed by atoms with Crippen molar-refractivity contribution < 1.29 is 21.8 Å². The summed E-state index contributed by atoms with van der Waals surface area (Å²) in [5, 5.41) is 0. The highest BCUT2D eigenvalue weighted by Gasteiger charge is 2.20. The number of hydrogen-bond donors (Lipinski definition) is 0. The molecule has 0 saturated heterocycles. The maximum atomic E-state index is 13.0. The Morgan fingerprint density at radius 1 is 1.07 bits per heavy atom. The Morgan fingerprint density at radius 3 is 2.24 bits per heavy atom. The average Bonchev–Trinajstić information content (AvgIpc) is 2.71. The molecule has 2 aromatic rings. The number of halogens is 1. The van der Waals surface area contributed by atoms with Crippen LogP contribution in [0.25, 0.3) is 0 Å². The van der Waals surface area contributed by atoms with Crippen LogP contribution in [0.3, 0.4) is 0 Å². The molecule has 0 unspecified atom stereocenters. The summed E-state index contributed by atoms with van der Waals surface area (Å²) < 4.78 is 42.7. The molecular weight excluding hydrogens is 393 g/mol. The van der Waals surface area contributed by atoms with Crippen molar-refractivity contribution in [3.05, 3.63) is 59.9 Å². The summed E-state index contributed by atoms with van der Waals surface area (Å²) in [6.45, 7) is 6.58. The molecule has 0 aliphatic heterocycles. The number of hydrogen-bond acceptors (Lipinski definition) is 4. The van der Waals surface area contributed by atoms with Gasteiger partial charge in [-0.2, -0.15) is 8.42 Å². The molecule has 0 radical (unpaired) electrons. The van der Waals surface area contributed by atoms with Gasteiger partial charge in [-0.1, -0.05) is 32.4 Å². The lowest BCUT2D eigenvalue weighted by Crippen LogP contribution is -2.37. The van der Waals surface area contributed by atoms with Crippen LogP contribution in [0.1, 0.15) is 52.0 Å². The van der Waals surface area contributed by atoms with E-state index in [4.69, 9.17) is 4.18 Å². The molecule has 7 heteroatoms. The summed E-state index contributed by atoms with van der Waals surface area (Å²) in [6.07, 6.45) is 3.21. The Hall–Kier alpha value is -2.41. The first-order valence-electron chi connectivity index (χ1n) is 9.85. The van der Waals surface area contributed by atoms with Gasteiger partial charge in [-0.3, -0.25) is 4.79 Å². The maximum Gasteiger partial charge on any atom is 0.339 e. The van der Waals surface area contributed by atoms with Crippen molar-refractivity contribution in [1.82, 2.24) is 4.90 Å². The summed E-state index contributed by atoms with van der Waals surface area (Å²) in [6, 6.07) is 11.2. The van der Waals surface area contributed by atoms with E-state index in [0.717, 1.165) is 49.1 Å². The molecule has 0 saturated carbocycles. The SMILES string of the molecule is CCCCC(=O)N(Cc1ccc(OS(=O)(=O)c2ccc(F)cc2)cc1)[C@@H](C)CC. The van der Waals surface area contributed by atoms with Crippen molar-refractivity contribution in [2.24, 2.45) is 0 Å². The van der Waals surface area contributed by atoms with E-state index in [2.05, 4.69) is 6.92 Å². The molecular formula is C22H28FNO4S. The molecule has 5 nitrogen and oxygen atoms in total. The van der Waals surface area contributed by atoms with Crippen LogP contribution in [0.2, 0.25) is 0 Å². The fourth-order valence-electron chi connectivity index (χ4n) is 2.80. The second-order valence-electron chi connectivity index (χ2n) is 7.02. The summed E-state index contributed by atoms with van der Waals surface area (Å²) in [5.41, 5.74) is 0.890. The highest BCUT2D eigenvalue weighted by atomic mass is 32.2. The minimum Gasteiger partial charge on any atom is -0.379 e. The van der Waals surface area contributed by atoms with Crippen molar-refractivity contribution >= 4 is 16.0 Å². The molecule has 158 valence electrons. The standard InChI is InChI=1S/C22H28FNO4S/c1-4-6-7-22(25)24(17(3)5-2)16-18-8-12-20(13-9-18)28-29(26,27)21-14-10-19(23)11-15-21/h8-15,17H,4-7,16H2,1-3H3/t17-/m0/s1. The first-order chi connectivity index (χ1) is 13.8. The first kappa shape index (κ1) is 22.9. The predicted octanol–water partition coefficient (Wildman–Crippen LogP) is 4.91. The fraction of sp³-hybridized carbons (Fsp3) is 0.409. The topological polar surface area (TPSA) is 63.7 Å². The molecule has 0 aliphatic carbocycles. The zero-order valence-corrected chi connectivity index (χ0v) is 17.9. The quantitative estimate of drug-likeness (QED) is 0.511. The van der Waals surface area contributed by atoms with Crippen LogP contribution >= 0.6 is 0 Å². The van der Waals surface area contributed by atoms with Crippen LogP contribution in [-0.2, 0) is 21.5 Å². The van der Waals surface area contributed by atoms with E-state index >= 15 is 0 Å². The van der Waals surface area contributed by atoms with Gasteiger partial charge in [0.25, 0.3) is 0 Å². The van der Waals surface area contributed by atoms with Crippen molar-refractivity contribution in [2.75, 3.05) is 0 Å². The van der Waals surface area contributed by atoms with E-state index in [9.17, 15) is 17.6 Å². The molecule has 29 heavy (non-hydrogen) atoms. The number of rotatable bonds is 10. The lowest BCUT2D eigenvalue weighted by Gasteiger charge is -2.29. The van der Waals surface area contributed by atoms with Gasteiger partial charge in [-0.25, -0.2) is 4.39 Å². The minimum absolute atomic E-state index is 0.118. The molecule has 1 atom stereocenters. The normalized spacial score (nSPS) is 12.4. The van der Waals surface area contributed by atoms with Gasteiger partial charge in [0.2, 0.25) is 5.91 Å². The molecule has 0 heterocycles. The third-order valence-corrected chi connectivity index (χ3v) is 6.03. The molecule has 0 spiro atoms. The zero-order chi connectivity index (χ0) is 21.4. The van der Waals surface area contributed by atoms with E-state index in [1.54, 1.807) is 24.3 Å². The van der Waals surface area contributed by atoms with Gasteiger partial charge in [-0.05, 0) is 61.7 Å².